The highest BCUT2D eigenvalue weighted by Gasteiger charge is 2.30. The van der Waals surface area contributed by atoms with Crippen LogP contribution in [0.15, 0.2) is 42.5 Å². The lowest BCUT2D eigenvalue weighted by Crippen LogP contribution is -2.26. The molecule has 2 aromatic carbocycles. The van der Waals surface area contributed by atoms with Gasteiger partial charge in [0, 0.05) is 0 Å². The van der Waals surface area contributed by atoms with Crippen LogP contribution < -0.4 is 4.74 Å². The molecular weight excluding hydrogens is 376 g/mol. The predicted octanol–water partition coefficient (Wildman–Crippen LogP) is 8.63. The molecule has 0 heterocycles. The summed E-state index contributed by atoms with van der Waals surface area (Å²) in [4.78, 5) is 0. The van der Waals surface area contributed by atoms with Crippen molar-refractivity contribution >= 4 is 0 Å². The third-order valence-electron chi connectivity index (χ3n) is 7.95. The number of hydrogen-bond acceptors (Lipinski definition) is 1. The molecule has 2 aliphatic carbocycles. The fourth-order valence-electron chi connectivity index (χ4n) is 5.88. The van der Waals surface area contributed by atoms with Crippen LogP contribution in [0.1, 0.15) is 89.2 Å². The average Bonchev–Trinajstić information content (AvgIpc) is 2.83. The van der Waals surface area contributed by atoms with Crippen LogP contribution in [0.3, 0.4) is 0 Å². The molecule has 1 heteroatoms. The monoisotopic (exact) mass is 418 g/mol. The molecule has 31 heavy (non-hydrogen) atoms. The second kappa shape index (κ2) is 11.2. The van der Waals surface area contributed by atoms with E-state index in [0.717, 1.165) is 36.5 Å². The minimum absolute atomic E-state index is 0.816. The number of unbranched alkanes of at least 4 members (excludes halogenated alkanes) is 2. The maximum Gasteiger partial charge on any atom is 0.119 e. The summed E-state index contributed by atoms with van der Waals surface area (Å²) in [6, 6.07) is 15.9. The van der Waals surface area contributed by atoms with Gasteiger partial charge in [0.15, 0.2) is 0 Å². The molecule has 1 unspecified atom stereocenters. The average molecular weight is 419 g/mol. The van der Waals surface area contributed by atoms with Crippen molar-refractivity contribution in [2.24, 2.45) is 17.8 Å². The standard InChI is InChI=1S/C30H42O/c1-3-5-7-23-8-10-24(11-9-23)26-12-14-29-22-27(13-15-28(29)21-26)25-16-18-30(19-17-25)31-20-6-4-2/h13,15-19,22-24,26H,3-12,14,20-21H2,1-2H3. The molecule has 1 fully saturated rings. The lowest BCUT2D eigenvalue weighted by molar-refractivity contribution is 0.183. The molecule has 2 aromatic rings. The van der Waals surface area contributed by atoms with Crippen LogP contribution >= 0.6 is 0 Å². The van der Waals surface area contributed by atoms with Crippen molar-refractivity contribution in [1.82, 2.24) is 0 Å². The Kier molecular flexibility index (Phi) is 8.11. The van der Waals surface area contributed by atoms with Gasteiger partial charge in [-0.1, -0.05) is 82.7 Å². The first-order chi connectivity index (χ1) is 15.3. The van der Waals surface area contributed by atoms with Crippen LogP contribution in [0.4, 0.5) is 0 Å². The van der Waals surface area contributed by atoms with E-state index in [2.05, 4.69) is 56.3 Å². The topological polar surface area (TPSA) is 9.23 Å². The number of ether oxygens (including phenoxy) is 1. The first kappa shape index (κ1) is 22.4. The SMILES string of the molecule is CCCCOc1ccc(-c2ccc3c(c2)CCC(C2CCC(CCCC)CC2)C3)cc1. The Labute approximate surface area is 190 Å². The molecule has 0 aliphatic heterocycles. The molecule has 0 bridgehead atoms. The number of hydrogen-bond donors (Lipinski definition) is 0. The highest BCUT2D eigenvalue weighted by Crippen LogP contribution is 2.41. The molecule has 0 radical (unpaired) electrons. The fraction of sp³-hybridized carbons (Fsp3) is 0.600. The zero-order valence-corrected chi connectivity index (χ0v) is 19.9. The second-order valence-corrected chi connectivity index (χ2v) is 10.1. The van der Waals surface area contributed by atoms with Crippen LogP contribution in [-0.2, 0) is 12.8 Å². The van der Waals surface area contributed by atoms with Crippen molar-refractivity contribution in [2.45, 2.75) is 90.9 Å². The largest absolute Gasteiger partial charge is 0.494 e. The highest BCUT2D eigenvalue weighted by molar-refractivity contribution is 5.66. The van der Waals surface area contributed by atoms with Crippen molar-refractivity contribution in [2.75, 3.05) is 6.61 Å². The van der Waals surface area contributed by atoms with Crippen molar-refractivity contribution in [3.63, 3.8) is 0 Å². The van der Waals surface area contributed by atoms with E-state index in [4.69, 9.17) is 4.74 Å². The molecule has 168 valence electrons. The van der Waals surface area contributed by atoms with Crippen LogP contribution in [0.25, 0.3) is 11.1 Å². The normalized spacial score (nSPS) is 23.4. The maximum atomic E-state index is 5.82. The van der Waals surface area contributed by atoms with Crippen LogP contribution in [0.2, 0.25) is 0 Å². The molecule has 0 saturated heterocycles. The number of rotatable bonds is 9. The van der Waals surface area contributed by atoms with Crippen LogP contribution in [-0.4, -0.2) is 6.61 Å². The summed E-state index contributed by atoms with van der Waals surface area (Å²) in [7, 11) is 0. The van der Waals surface area contributed by atoms with Gasteiger partial charge in [-0.15, -0.1) is 0 Å². The van der Waals surface area contributed by atoms with Crippen molar-refractivity contribution < 1.29 is 4.74 Å². The van der Waals surface area contributed by atoms with Gasteiger partial charge in [0.1, 0.15) is 5.75 Å². The summed E-state index contributed by atoms with van der Waals surface area (Å²) >= 11 is 0. The van der Waals surface area contributed by atoms with Gasteiger partial charge in [-0.3, -0.25) is 0 Å². The fourth-order valence-corrected chi connectivity index (χ4v) is 5.88. The predicted molar refractivity (Wildman–Crippen MR) is 133 cm³/mol. The summed E-state index contributed by atoms with van der Waals surface area (Å²) in [5.74, 6) is 3.91. The second-order valence-electron chi connectivity index (χ2n) is 10.1. The number of fused-ring (bicyclic) bond motifs is 1. The van der Waals surface area contributed by atoms with Crippen molar-refractivity contribution in [3.8, 4) is 16.9 Å². The Morgan fingerprint density at radius 2 is 1.48 bits per heavy atom. The Morgan fingerprint density at radius 1 is 0.742 bits per heavy atom. The summed E-state index contributed by atoms with van der Waals surface area (Å²) in [5, 5.41) is 0. The first-order valence-corrected chi connectivity index (χ1v) is 13.1. The van der Waals surface area contributed by atoms with Gasteiger partial charge in [0.2, 0.25) is 0 Å². The van der Waals surface area contributed by atoms with Crippen molar-refractivity contribution in [3.05, 3.63) is 53.6 Å². The van der Waals surface area contributed by atoms with Gasteiger partial charge in [-0.05, 0) is 90.7 Å². The Bertz CT molecular complexity index is 798. The zero-order chi connectivity index (χ0) is 21.5. The van der Waals surface area contributed by atoms with Gasteiger partial charge in [0.05, 0.1) is 6.61 Å². The third-order valence-corrected chi connectivity index (χ3v) is 7.95. The summed E-state index contributed by atoms with van der Waals surface area (Å²) in [5.41, 5.74) is 5.87. The molecule has 4 rings (SSSR count). The van der Waals surface area contributed by atoms with E-state index < -0.39 is 0 Å². The van der Waals surface area contributed by atoms with Gasteiger partial charge < -0.3 is 4.74 Å². The molecule has 0 amide bonds. The molecule has 2 aliphatic rings. The lowest BCUT2D eigenvalue weighted by atomic mass is 9.69. The molecule has 1 atom stereocenters. The molecular formula is C30H42O. The van der Waals surface area contributed by atoms with Gasteiger partial charge in [-0.25, -0.2) is 0 Å². The minimum Gasteiger partial charge on any atom is -0.494 e. The number of aryl methyl sites for hydroxylation is 1. The number of benzene rings is 2. The summed E-state index contributed by atoms with van der Waals surface area (Å²) < 4.78 is 5.82. The zero-order valence-electron chi connectivity index (χ0n) is 19.9. The van der Waals surface area contributed by atoms with E-state index in [0.29, 0.717) is 0 Å². The van der Waals surface area contributed by atoms with Crippen LogP contribution in [0, 0.1) is 17.8 Å². The smallest absolute Gasteiger partial charge is 0.119 e. The lowest BCUT2D eigenvalue weighted by Gasteiger charge is -2.36. The van der Waals surface area contributed by atoms with E-state index >= 15 is 0 Å². The molecule has 1 nitrogen and oxygen atoms in total. The van der Waals surface area contributed by atoms with E-state index in [9.17, 15) is 0 Å². The minimum atomic E-state index is 0.816. The Morgan fingerprint density at radius 3 is 2.23 bits per heavy atom. The van der Waals surface area contributed by atoms with Gasteiger partial charge >= 0.3 is 0 Å². The van der Waals surface area contributed by atoms with Gasteiger partial charge in [-0.2, -0.15) is 0 Å². The van der Waals surface area contributed by atoms with E-state index in [-0.39, 0.29) is 0 Å². The molecule has 0 spiro atoms. The van der Waals surface area contributed by atoms with Crippen LogP contribution in [0.5, 0.6) is 5.75 Å². The first-order valence-electron chi connectivity index (χ1n) is 13.1. The Balaban J connectivity index is 1.34. The molecule has 1 saturated carbocycles. The molecule has 0 N–H and O–H groups in total. The van der Waals surface area contributed by atoms with E-state index in [1.54, 1.807) is 11.1 Å². The van der Waals surface area contributed by atoms with Crippen molar-refractivity contribution in [1.29, 1.82) is 0 Å². The van der Waals surface area contributed by atoms with E-state index in [1.165, 1.54) is 81.8 Å². The Hall–Kier alpha value is -1.76. The molecule has 0 aromatic heterocycles. The summed E-state index contributed by atoms with van der Waals surface area (Å²) in [6.07, 6.45) is 16.5. The summed E-state index contributed by atoms with van der Waals surface area (Å²) in [6.45, 7) is 5.34. The van der Waals surface area contributed by atoms with E-state index in [1.807, 2.05) is 0 Å². The highest BCUT2D eigenvalue weighted by atomic mass is 16.5. The third kappa shape index (κ3) is 5.93. The van der Waals surface area contributed by atoms with Gasteiger partial charge in [0.25, 0.3) is 0 Å². The quantitative estimate of drug-likeness (QED) is 0.370. The maximum absolute atomic E-state index is 5.82.